The quantitative estimate of drug-likeness (QED) is 0.840. The number of aryl methyl sites for hydroxylation is 1. The maximum absolute atomic E-state index is 3.57. The van der Waals surface area contributed by atoms with E-state index in [2.05, 4.69) is 53.3 Å². The molecule has 1 saturated heterocycles. The van der Waals surface area contributed by atoms with E-state index in [0.717, 1.165) is 0 Å². The molecule has 0 saturated carbocycles. The molecule has 2 rings (SSSR count). The van der Waals surface area contributed by atoms with Gasteiger partial charge in [0.15, 0.2) is 0 Å². The van der Waals surface area contributed by atoms with Crippen molar-refractivity contribution in [2.75, 3.05) is 5.75 Å². The van der Waals surface area contributed by atoms with Crippen molar-refractivity contribution in [3.63, 3.8) is 0 Å². The fourth-order valence-electron chi connectivity index (χ4n) is 1.56. The Labute approximate surface area is 97.8 Å². The smallest absolute Gasteiger partial charge is 0.0792 e. The molecule has 2 atom stereocenters. The second-order valence-corrected chi connectivity index (χ2v) is 5.78. The Balaban J connectivity index is 2.20. The summed E-state index contributed by atoms with van der Waals surface area (Å²) in [6.45, 7) is 4.35. The molecule has 2 unspecified atom stereocenters. The van der Waals surface area contributed by atoms with E-state index < -0.39 is 0 Å². The van der Waals surface area contributed by atoms with Gasteiger partial charge in [0, 0.05) is 16.3 Å². The van der Waals surface area contributed by atoms with Crippen LogP contribution in [0.4, 0.5) is 0 Å². The van der Waals surface area contributed by atoms with E-state index in [0.29, 0.717) is 11.4 Å². The van der Waals surface area contributed by atoms with Crippen LogP contribution < -0.4 is 5.32 Å². The molecule has 14 heavy (non-hydrogen) atoms. The number of hydrogen-bond acceptors (Lipinski definition) is 2. The highest BCUT2D eigenvalue weighted by Gasteiger charge is 2.22. The summed E-state index contributed by atoms with van der Waals surface area (Å²) in [7, 11) is 0. The van der Waals surface area contributed by atoms with E-state index in [-0.39, 0.29) is 0 Å². The van der Waals surface area contributed by atoms with Crippen molar-refractivity contribution < 1.29 is 0 Å². The van der Waals surface area contributed by atoms with Crippen molar-refractivity contribution in [3.8, 4) is 0 Å². The molecule has 1 aromatic rings. The number of hydrogen-bond donors (Lipinski definition) is 1. The summed E-state index contributed by atoms with van der Waals surface area (Å²) in [6, 6.07) is 7.23. The maximum atomic E-state index is 3.57. The summed E-state index contributed by atoms with van der Waals surface area (Å²) in [5.74, 6) is 1.20. The molecule has 0 amide bonds. The van der Waals surface area contributed by atoms with Gasteiger partial charge in [-0.2, -0.15) is 0 Å². The van der Waals surface area contributed by atoms with Gasteiger partial charge in [-0.05, 0) is 31.0 Å². The minimum Gasteiger partial charge on any atom is -0.298 e. The molecule has 1 N–H and O–H groups in total. The van der Waals surface area contributed by atoms with Crippen LogP contribution in [-0.4, -0.2) is 11.8 Å². The van der Waals surface area contributed by atoms with Gasteiger partial charge in [0.1, 0.15) is 0 Å². The number of halogens is 1. The van der Waals surface area contributed by atoms with E-state index in [1.165, 1.54) is 21.4 Å². The van der Waals surface area contributed by atoms with Crippen LogP contribution in [0.3, 0.4) is 0 Å². The second-order valence-electron chi connectivity index (χ2n) is 3.79. The zero-order chi connectivity index (χ0) is 10.1. The van der Waals surface area contributed by atoms with Gasteiger partial charge in [-0.3, -0.25) is 5.32 Å². The van der Waals surface area contributed by atoms with Crippen molar-refractivity contribution in [2.24, 2.45) is 0 Å². The van der Waals surface area contributed by atoms with Crippen molar-refractivity contribution in [2.45, 2.75) is 25.3 Å². The average Bonchev–Trinajstić information content (AvgIpc) is 2.57. The van der Waals surface area contributed by atoms with Crippen LogP contribution in [0.15, 0.2) is 22.7 Å². The van der Waals surface area contributed by atoms with Crippen molar-refractivity contribution in [1.82, 2.24) is 5.32 Å². The standard InChI is InChI=1S/C11H14BrNS/c1-7-3-4-9(5-10(7)12)11-13-8(2)6-14-11/h3-5,8,11,13H,6H2,1-2H3. The Morgan fingerprint density at radius 1 is 1.50 bits per heavy atom. The summed E-state index contributed by atoms with van der Waals surface area (Å²) in [5.41, 5.74) is 2.67. The molecule has 1 nitrogen and oxygen atoms in total. The molecule has 3 heteroatoms. The van der Waals surface area contributed by atoms with Crippen LogP contribution in [0.1, 0.15) is 23.4 Å². The zero-order valence-corrected chi connectivity index (χ0v) is 10.8. The van der Waals surface area contributed by atoms with Gasteiger partial charge in [-0.25, -0.2) is 0 Å². The molecule has 0 spiro atoms. The fraction of sp³-hybridized carbons (Fsp3) is 0.455. The molecule has 0 aliphatic carbocycles. The van der Waals surface area contributed by atoms with Gasteiger partial charge in [0.25, 0.3) is 0 Å². The van der Waals surface area contributed by atoms with E-state index in [9.17, 15) is 0 Å². The lowest BCUT2D eigenvalue weighted by atomic mass is 10.1. The normalized spacial score (nSPS) is 26.8. The third-order valence-electron chi connectivity index (χ3n) is 2.45. The van der Waals surface area contributed by atoms with Gasteiger partial charge in [0.05, 0.1) is 5.37 Å². The lowest BCUT2D eigenvalue weighted by Gasteiger charge is -2.12. The molecule has 0 radical (unpaired) electrons. The highest BCUT2D eigenvalue weighted by Crippen LogP contribution is 2.34. The summed E-state index contributed by atoms with van der Waals surface area (Å²) >= 11 is 5.56. The molecular weight excluding hydrogens is 258 g/mol. The van der Waals surface area contributed by atoms with Gasteiger partial charge in [-0.1, -0.05) is 28.1 Å². The second kappa shape index (κ2) is 4.25. The SMILES string of the molecule is Cc1ccc(C2NC(C)CS2)cc1Br. The molecule has 76 valence electrons. The highest BCUT2D eigenvalue weighted by molar-refractivity contribution is 9.10. The van der Waals surface area contributed by atoms with E-state index >= 15 is 0 Å². The molecule has 1 heterocycles. The zero-order valence-electron chi connectivity index (χ0n) is 8.38. The van der Waals surface area contributed by atoms with Crippen LogP contribution in [0, 0.1) is 6.92 Å². The minimum absolute atomic E-state index is 0.474. The Kier molecular flexibility index (Phi) is 3.20. The average molecular weight is 272 g/mol. The van der Waals surface area contributed by atoms with E-state index in [1.807, 2.05) is 11.8 Å². The monoisotopic (exact) mass is 271 g/mol. The molecular formula is C11H14BrNS. The van der Waals surface area contributed by atoms with E-state index in [1.54, 1.807) is 0 Å². The van der Waals surface area contributed by atoms with Crippen LogP contribution in [0.2, 0.25) is 0 Å². The van der Waals surface area contributed by atoms with Crippen LogP contribution in [0.5, 0.6) is 0 Å². The lowest BCUT2D eigenvalue weighted by molar-refractivity contribution is 0.618. The molecule has 1 aliphatic heterocycles. The highest BCUT2D eigenvalue weighted by atomic mass is 79.9. The Morgan fingerprint density at radius 3 is 2.86 bits per heavy atom. The first kappa shape index (κ1) is 10.5. The summed E-state index contributed by atoms with van der Waals surface area (Å²) in [4.78, 5) is 0. The first-order valence-corrected chi connectivity index (χ1v) is 6.64. The molecule has 0 bridgehead atoms. The predicted octanol–water partition coefficient (Wildman–Crippen LogP) is 3.48. The molecule has 0 aromatic heterocycles. The Hall–Kier alpha value is 0.01000. The summed E-state index contributed by atoms with van der Waals surface area (Å²) in [5, 5.41) is 4.03. The Morgan fingerprint density at radius 2 is 2.29 bits per heavy atom. The first-order chi connectivity index (χ1) is 6.66. The third kappa shape index (κ3) is 2.15. The van der Waals surface area contributed by atoms with Gasteiger partial charge < -0.3 is 0 Å². The predicted molar refractivity (Wildman–Crippen MR) is 66.7 cm³/mol. The van der Waals surface area contributed by atoms with Crippen molar-refractivity contribution in [3.05, 3.63) is 33.8 Å². The molecule has 1 aromatic carbocycles. The van der Waals surface area contributed by atoms with Crippen molar-refractivity contribution >= 4 is 27.7 Å². The first-order valence-electron chi connectivity index (χ1n) is 4.80. The molecule has 1 fully saturated rings. The number of thioether (sulfide) groups is 1. The maximum Gasteiger partial charge on any atom is 0.0792 e. The van der Waals surface area contributed by atoms with Crippen LogP contribution >= 0.6 is 27.7 Å². The topological polar surface area (TPSA) is 12.0 Å². The minimum atomic E-state index is 0.474. The molecule has 1 aliphatic rings. The number of nitrogens with one attached hydrogen (secondary N) is 1. The van der Waals surface area contributed by atoms with Gasteiger partial charge in [0.2, 0.25) is 0 Å². The van der Waals surface area contributed by atoms with E-state index in [4.69, 9.17) is 0 Å². The number of rotatable bonds is 1. The lowest BCUT2D eigenvalue weighted by Crippen LogP contribution is -2.21. The van der Waals surface area contributed by atoms with Crippen molar-refractivity contribution in [1.29, 1.82) is 0 Å². The third-order valence-corrected chi connectivity index (χ3v) is 4.74. The Bertz CT molecular complexity index is 340. The fourth-order valence-corrected chi connectivity index (χ4v) is 3.20. The largest absolute Gasteiger partial charge is 0.298 e. The van der Waals surface area contributed by atoms with Crippen LogP contribution in [0.25, 0.3) is 0 Å². The summed E-state index contributed by atoms with van der Waals surface area (Å²) < 4.78 is 1.21. The van der Waals surface area contributed by atoms with Gasteiger partial charge in [-0.15, -0.1) is 11.8 Å². The van der Waals surface area contributed by atoms with Gasteiger partial charge >= 0.3 is 0 Å². The van der Waals surface area contributed by atoms with Crippen LogP contribution in [-0.2, 0) is 0 Å². The summed E-state index contributed by atoms with van der Waals surface area (Å²) in [6.07, 6.45) is 0. The number of benzene rings is 1.